The summed E-state index contributed by atoms with van der Waals surface area (Å²) in [5.74, 6) is -0.412. The van der Waals surface area contributed by atoms with Crippen molar-refractivity contribution < 1.29 is 4.39 Å². The van der Waals surface area contributed by atoms with E-state index in [-0.39, 0.29) is 10.6 Å². The molecule has 0 fully saturated rings. The van der Waals surface area contributed by atoms with Crippen LogP contribution < -0.4 is 11.1 Å². The second kappa shape index (κ2) is 5.59. The van der Waals surface area contributed by atoms with E-state index in [4.69, 9.17) is 18.0 Å². The fourth-order valence-electron chi connectivity index (χ4n) is 2.39. The van der Waals surface area contributed by atoms with E-state index in [2.05, 4.69) is 17.4 Å². The highest BCUT2D eigenvalue weighted by Gasteiger charge is 2.13. The number of rotatable bonds is 3. The Balaban J connectivity index is 2.51. The van der Waals surface area contributed by atoms with Crippen LogP contribution in [0.25, 0.3) is 0 Å². The molecule has 0 spiro atoms. The van der Waals surface area contributed by atoms with Gasteiger partial charge in [-0.15, -0.1) is 0 Å². The maximum atomic E-state index is 13.9. The lowest BCUT2D eigenvalue weighted by atomic mass is 10.0. The van der Waals surface area contributed by atoms with Crippen LogP contribution in [0.5, 0.6) is 0 Å². The fraction of sp³-hybridized carbons (Fsp3) is 0.188. The smallest absolute Gasteiger partial charge is 0.135 e. The number of aryl methyl sites for hydroxylation is 3. The van der Waals surface area contributed by atoms with Crippen molar-refractivity contribution in [1.29, 1.82) is 0 Å². The van der Waals surface area contributed by atoms with Crippen molar-refractivity contribution in [2.24, 2.45) is 5.73 Å². The Morgan fingerprint density at radius 3 is 2.30 bits per heavy atom. The number of hydrogen-bond donors (Lipinski definition) is 2. The van der Waals surface area contributed by atoms with Crippen LogP contribution in [0.15, 0.2) is 30.3 Å². The molecule has 0 aliphatic heterocycles. The normalized spacial score (nSPS) is 10.4. The van der Waals surface area contributed by atoms with Gasteiger partial charge in [0.25, 0.3) is 0 Å². The van der Waals surface area contributed by atoms with E-state index in [1.165, 1.54) is 11.6 Å². The predicted octanol–water partition coefficient (Wildman–Crippen LogP) is 4.13. The van der Waals surface area contributed by atoms with Gasteiger partial charge in [-0.1, -0.05) is 36.0 Å². The number of halogens is 1. The molecule has 2 aromatic carbocycles. The van der Waals surface area contributed by atoms with Crippen molar-refractivity contribution in [3.05, 3.63) is 58.4 Å². The summed E-state index contributed by atoms with van der Waals surface area (Å²) < 4.78 is 13.9. The molecule has 2 nitrogen and oxygen atoms in total. The van der Waals surface area contributed by atoms with Gasteiger partial charge in [0.2, 0.25) is 0 Å². The Bertz CT molecular complexity index is 657. The average molecular weight is 288 g/mol. The standard InChI is InChI=1S/C16H17FN2S/c1-9-7-10(2)15(11(3)8-9)19-13-6-4-5-12(17)14(13)16(18)20/h4-8,19H,1-3H3,(H2,18,20). The molecule has 0 saturated heterocycles. The number of hydrogen-bond acceptors (Lipinski definition) is 2. The lowest BCUT2D eigenvalue weighted by Gasteiger charge is -2.16. The molecular formula is C16H17FN2S. The van der Waals surface area contributed by atoms with E-state index in [9.17, 15) is 4.39 Å². The van der Waals surface area contributed by atoms with Crippen LogP contribution in [0.2, 0.25) is 0 Å². The van der Waals surface area contributed by atoms with Crippen molar-refractivity contribution >= 4 is 28.6 Å². The van der Waals surface area contributed by atoms with Gasteiger partial charge < -0.3 is 11.1 Å². The van der Waals surface area contributed by atoms with Crippen LogP contribution in [0.3, 0.4) is 0 Å². The highest BCUT2D eigenvalue weighted by molar-refractivity contribution is 7.80. The van der Waals surface area contributed by atoms with Gasteiger partial charge in [0.05, 0.1) is 11.3 Å². The highest BCUT2D eigenvalue weighted by Crippen LogP contribution is 2.28. The van der Waals surface area contributed by atoms with Gasteiger partial charge in [0.15, 0.2) is 0 Å². The Kier molecular flexibility index (Phi) is 4.04. The number of anilines is 2. The number of nitrogens with one attached hydrogen (secondary N) is 1. The molecule has 104 valence electrons. The summed E-state index contributed by atoms with van der Waals surface area (Å²) in [5.41, 5.74) is 10.8. The topological polar surface area (TPSA) is 38.0 Å². The summed E-state index contributed by atoms with van der Waals surface area (Å²) in [7, 11) is 0. The van der Waals surface area contributed by atoms with Crippen molar-refractivity contribution in [2.45, 2.75) is 20.8 Å². The van der Waals surface area contributed by atoms with Crippen LogP contribution >= 0.6 is 12.2 Å². The first-order valence-electron chi connectivity index (χ1n) is 6.33. The Morgan fingerprint density at radius 1 is 1.15 bits per heavy atom. The van der Waals surface area contributed by atoms with Gasteiger partial charge in [-0.2, -0.15) is 0 Å². The summed E-state index contributed by atoms with van der Waals surface area (Å²) >= 11 is 4.94. The van der Waals surface area contributed by atoms with E-state index < -0.39 is 5.82 Å². The minimum absolute atomic E-state index is 0.0491. The predicted molar refractivity (Wildman–Crippen MR) is 86.2 cm³/mol. The highest BCUT2D eigenvalue weighted by atomic mass is 32.1. The van der Waals surface area contributed by atoms with Crippen LogP contribution in [0, 0.1) is 26.6 Å². The van der Waals surface area contributed by atoms with E-state index in [0.717, 1.165) is 16.8 Å². The molecule has 0 unspecified atom stereocenters. The van der Waals surface area contributed by atoms with Gasteiger partial charge in [-0.05, 0) is 44.0 Å². The van der Waals surface area contributed by atoms with Crippen LogP contribution in [-0.4, -0.2) is 4.99 Å². The molecule has 20 heavy (non-hydrogen) atoms. The second-order valence-corrected chi connectivity index (χ2v) is 5.37. The van der Waals surface area contributed by atoms with Crippen LogP contribution in [0.1, 0.15) is 22.3 Å². The number of thiocarbonyl (C=S) groups is 1. The number of nitrogens with two attached hydrogens (primary N) is 1. The molecule has 0 aliphatic rings. The lowest BCUT2D eigenvalue weighted by molar-refractivity contribution is 0.626. The van der Waals surface area contributed by atoms with E-state index >= 15 is 0 Å². The van der Waals surface area contributed by atoms with Crippen molar-refractivity contribution in [3.63, 3.8) is 0 Å². The summed E-state index contributed by atoms with van der Waals surface area (Å²) in [6.45, 7) is 6.08. The van der Waals surface area contributed by atoms with E-state index in [1.807, 2.05) is 20.8 Å². The van der Waals surface area contributed by atoms with Gasteiger partial charge in [0, 0.05) is 5.69 Å². The maximum Gasteiger partial charge on any atom is 0.135 e. The fourth-order valence-corrected chi connectivity index (χ4v) is 2.60. The van der Waals surface area contributed by atoms with Gasteiger partial charge in [-0.25, -0.2) is 4.39 Å². The minimum Gasteiger partial charge on any atom is -0.389 e. The lowest BCUT2D eigenvalue weighted by Crippen LogP contribution is -2.14. The first-order chi connectivity index (χ1) is 9.40. The quantitative estimate of drug-likeness (QED) is 0.834. The molecule has 2 aromatic rings. The SMILES string of the molecule is Cc1cc(C)c(Nc2cccc(F)c2C(N)=S)c(C)c1. The number of benzene rings is 2. The van der Waals surface area contributed by atoms with Crippen molar-refractivity contribution in [2.75, 3.05) is 5.32 Å². The molecule has 0 saturated carbocycles. The molecule has 0 aliphatic carbocycles. The molecule has 0 amide bonds. The Labute approximate surface area is 123 Å². The van der Waals surface area contributed by atoms with Crippen LogP contribution in [-0.2, 0) is 0 Å². The van der Waals surface area contributed by atoms with E-state index in [1.54, 1.807) is 12.1 Å². The molecule has 3 N–H and O–H groups in total. The van der Waals surface area contributed by atoms with E-state index in [0.29, 0.717) is 5.69 Å². The van der Waals surface area contributed by atoms with Crippen molar-refractivity contribution in [1.82, 2.24) is 0 Å². The zero-order chi connectivity index (χ0) is 14.9. The molecule has 4 heteroatoms. The summed E-state index contributed by atoms with van der Waals surface area (Å²) in [6, 6.07) is 8.92. The maximum absolute atomic E-state index is 13.9. The zero-order valence-electron chi connectivity index (χ0n) is 11.8. The molecule has 0 bridgehead atoms. The second-order valence-electron chi connectivity index (χ2n) is 4.93. The largest absolute Gasteiger partial charge is 0.389 e. The third-order valence-electron chi connectivity index (χ3n) is 3.20. The third-order valence-corrected chi connectivity index (χ3v) is 3.40. The molecule has 0 heterocycles. The molecule has 2 rings (SSSR count). The van der Waals surface area contributed by atoms with Crippen LogP contribution in [0.4, 0.5) is 15.8 Å². The first kappa shape index (κ1) is 14.5. The Morgan fingerprint density at radius 2 is 1.75 bits per heavy atom. The summed E-state index contributed by atoms with van der Waals surface area (Å²) in [6.07, 6.45) is 0. The third kappa shape index (κ3) is 2.80. The van der Waals surface area contributed by atoms with Crippen molar-refractivity contribution in [3.8, 4) is 0 Å². The first-order valence-corrected chi connectivity index (χ1v) is 6.74. The molecule has 0 radical (unpaired) electrons. The summed E-state index contributed by atoms with van der Waals surface area (Å²) in [5, 5.41) is 3.25. The molecule has 0 atom stereocenters. The van der Waals surface area contributed by atoms with Gasteiger partial charge in [0.1, 0.15) is 10.8 Å². The van der Waals surface area contributed by atoms with Gasteiger partial charge in [-0.3, -0.25) is 0 Å². The Hall–Kier alpha value is -1.94. The monoisotopic (exact) mass is 288 g/mol. The zero-order valence-corrected chi connectivity index (χ0v) is 12.6. The average Bonchev–Trinajstić information content (AvgIpc) is 2.33. The molecular weight excluding hydrogens is 271 g/mol. The minimum atomic E-state index is -0.412. The van der Waals surface area contributed by atoms with Gasteiger partial charge >= 0.3 is 0 Å². The molecule has 0 aromatic heterocycles. The summed E-state index contributed by atoms with van der Waals surface area (Å²) in [4.78, 5) is 0.0491.